The molecule has 0 aliphatic heterocycles. The molecule has 4 nitrogen and oxygen atoms in total. The SMILES string of the molecule is N#Cc1cccc(N=Cc2c(O)[nH]c3cc(-c4ccccc4)ccc23)c1. The van der Waals surface area contributed by atoms with Gasteiger partial charge in [-0.05, 0) is 35.4 Å². The molecule has 4 rings (SSSR count). The molecule has 0 saturated heterocycles. The van der Waals surface area contributed by atoms with E-state index in [0.717, 1.165) is 22.0 Å². The van der Waals surface area contributed by atoms with Crippen LogP contribution in [0.4, 0.5) is 5.69 Å². The van der Waals surface area contributed by atoms with E-state index in [4.69, 9.17) is 5.26 Å². The first-order valence-corrected chi connectivity index (χ1v) is 8.19. The summed E-state index contributed by atoms with van der Waals surface area (Å²) in [7, 11) is 0. The first-order chi connectivity index (χ1) is 12.7. The molecular formula is C22H15N3O. The van der Waals surface area contributed by atoms with Crippen LogP contribution < -0.4 is 0 Å². The van der Waals surface area contributed by atoms with Crippen molar-refractivity contribution in [3.8, 4) is 23.1 Å². The molecule has 0 aliphatic rings. The number of nitrogens with zero attached hydrogens (tertiary/aromatic N) is 2. The molecule has 0 unspecified atom stereocenters. The fourth-order valence-corrected chi connectivity index (χ4v) is 2.94. The third kappa shape index (κ3) is 2.94. The van der Waals surface area contributed by atoms with Crippen molar-refractivity contribution >= 4 is 22.8 Å². The smallest absolute Gasteiger partial charge is 0.198 e. The summed E-state index contributed by atoms with van der Waals surface area (Å²) in [5.74, 6) is 0.0744. The predicted molar refractivity (Wildman–Crippen MR) is 104 cm³/mol. The lowest BCUT2D eigenvalue weighted by Crippen LogP contribution is -1.81. The van der Waals surface area contributed by atoms with Gasteiger partial charge in [0, 0.05) is 17.1 Å². The van der Waals surface area contributed by atoms with Gasteiger partial charge < -0.3 is 10.1 Å². The number of aliphatic imine (C=N–C) groups is 1. The molecular weight excluding hydrogens is 322 g/mol. The lowest BCUT2D eigenvalue weighted by Gasteiger charge is -2.01. The van der Waals surface area contributed by atoms with Crippen LogP contribution in [0.1, 0.15) is 11.1 Å². The minimum Gasteiger partial charge on any atom is -0.494 e. The van der Waals surface area contributed by atoms with Crippen LogP contribution in [0.15, 0.2) is 77.8 Å². The van der Waals surface area contributed by atoms with Gasteiger partial charge in [-0.15, -0.1) is 0 Å². The number of nitrogens with one attached hydrogen (secondary N) is 1. The Bertz CT molecular complexity index is 1150. The summed E-state index contributed by atoms with van der Waals surface area (Å²) in [6, 6.07) is 25.2. The van der Waals surface area contributed by atoms with Crippen LogP contribution in [0, 0.1) is 11.3 Å². The van der Waals surface area contributed by atoms with Crippen molar-refractivity contribution in [2.75, 3.05) is 0 Å². The second-order valence-corrected chi connectivity index (χ2v) is 5.93. The largest absolute Gasteiger partial charge is 0.494 e. The second kappa shape index (κ2) is 6.58. The maximum absolute atomic E-state index is 10.3. The number of rotatable bonds is 3. The van der Waals surface area contributed by atoms with Gasteiger partial charge in [-0.1, -0.05) is 48.5 Å². The number of aromatic nitrogens is 1. The number of H-pyrrole nitrogens is 1. The standard InChI is InChI=1S/C22H15N3O/c23-13-15-5-4-8-18(11-15)24-14-20-19-10-9-17(12-21(19)25-22(20)26)16-6-2-1-3-7-16/h1-12,14,25-26H. The summed E-state index contributed by atoms with van der Waals surface area (Å²) < 4.78 is 0. The van der Waals surface area contributed by atoms with E-state index in [1.165, 1.54) is 0 Å². The highest BCUT2D eigenvalue weighted by atomic mass is 16.3. The third-order valence-corrected chi connectivity index (χ3v) is 4.24. The Balaban J connectivity index is 1.73. The zero-order chi connectivity index (χ0) is 17.9. The minimum atomic E-state index is 0.0744. The highest BCUT2D eigenvalue weighted by Crippen LogP contribution is 2.30. The average Bonchev–Trinajstić information content (AvgIpc) is 3.01. The van der Waals surface area contributed by atoms with E-state index in [0.29, 0.717) is 16.8 Å². The number of nitriles is 1. The molecule has 124 valence electrons. The quantitative estimate of drug-likeness (QED) is 0.507. The van der Waals surface area contributed by atoms with Crippen molar-refractivity contribution in [1.29, 1.82) is 5.26 Å². The molecule has 0 spiro atoms. The van der Waals surface area contributed by atoms with Crippen LogP contribution in [0.3, 0.4) is 0 Å². The fraction of sp³-hybridized carbons (Fsp3) is 0. The van der Waals surface area contributed by atoms with Gasteiger partial charge in [0.05, 0.1) is 22.9 Å². The van der Waals surface area contributed by atoms with Gasteiger partial charge in [-0.25, -0.2) is 0 Å². The van der Waals surface area contributed by atoms with Crippen LogP contribution in [0.2, 0.25) is 0 Å². The highest BCUT2D eigenvalue weighted by molar-refractivity contribution is 6.03. The number of fused-ring (bicyclic) bond motifs is 1. The summed E-state index contributed by atoms with van der Waals surface area (Å²) in [5.41, 5.74) is 4.88. The molecule has 26 heavy (non-hydrogen) atoms. The van der Waals surface area contributed by atoms with Crippen LogP contribution in [-0.4, -0.2) is 16.3 Å². The van der Waals surface area contributed by atoms with E-state index in [1.54, 1.807) is 24.4 Å². The molecule has 1 heterocycles. The molecule has 3 aromatic carbocycles. The van der Waals surface area contributed by atoms with Gasteiger partial charge in [-0.3, -0.25) is 4.99 Å². The highest BCUT2D eigenvalue weighted by Gasteiger charge is 2.10. The molecule has 1 aromatic heterocycles. The molecule has 2 N–H and O–H groups in total. The minimum absolute atomic E-state index is 0.0744. The first kappa shape index (κ1) is 15.7. The third-order valence-electron chi connectivity index (χ3n) is 4.24. The fourth-order valence-electron chi connectivity index (χ4n) is 2.94. The normalized spacial score (nSPS) is 11.0. The van der Waals surface area contributed by atoms with Gasteiger partial charge in [0.1, 0.15) is 0 Å². The van der Waals surface area contributed by atoms with Crippen LogP contribution in [0.25, 0.3) is 22.0 Å². The molecule has 4 aromatic rings. The van der Waals surface area contributed by atoms with E-state index < -0.39 is 0 Å². The Morgan fingerprint density at radius 3 is 2.58 bits per heavy atom. The maximum Gasteiger partial charge on any atom is 0.198 e. The Labute approximate surface area is 150 Å². The molecule has 0 bridgehead atoms. The van der Waals surface area contributed by atoms with Gasteiger partial charge in [0.2, 0.25) is 0 Å². The van der Waals surface area contributed by atoms with E-state index in [9.17, 15) is 5.11 Å². The molecule has 0 saturated carbocycles. The van der Waals surface area contributed by atoms with Gasteiger partial charge in [-0.2, -0.15) is 5.26 Å². The van der Waals surface area contributed by atoms with Crippen molar-refractivity contribution in [1.82, 2.24) is 4.98 Å². The molecule has 0 atom stereocenters. The van der Waals surface area contributed by atoms with Gasteiger partial charge in [0.15, 0.2) is 5.88 Å². The summed E-state index contributed by atoms with van der Waals surface area (Å²) >= 11 is 0. The maximum atomic E-state index is 10.3. The zero-order valence-electron chi connectivity index (χ0n) is 13.8. The van der Waals surface area contributed by atoms with Crippen molar-refractivity contribution in [2.45, 2.75) is 0 Å². The van der Waals surface area contributed by atoms with Crippen LogP contribution in [0.5, 0.6) is 5.88 Å². The second-order valence-electron chi connectivity index (χ2n) is 5.93. The Kier molecular flexibility index (Phi) is 3.97. The van der Waals surface area contributed by atoms with Crippen molar-refractivity contribution in [3.63, 3.8) is 0 Å². The Morgan fingerprint density at radius 2 is 1.77 bits per heavy atom. The van der Waals surface area contributed by atoms with Crippen LogP contribution >= 0.6 is 0 Å². The summed E-state index contributed by atoms with van der Waals surface area (Å²) in [6.07, 6.45) is 1.62. The Hall–Kier alpha value is -3.84. The lowest BCUT2D eigenvalue weighted by atomic mass is 10.0. The van der Waals surface area contributed by atoms with E-state index >= 15 is 0 Å². The predicted octanol–water partition coefficient (Wildman–Crippen LogP) is 5.16. The average molecular weight is 337 g/mol. The summed E-state index contributed by atoms with van der Waals surface area (Å²) in [6.45, 7) is 0. The van der Waals surface area contributed by atoms with Crippen molar-refractivity contribution < 1.29 is 5.11 Å². The van der Waals surface area contributed by atoms with E-state index in [2.05, 4.69) is 28.2 Å². The zero-order valence-corrected chi connectivity index (χ0v) is 13.8. The van der Waals surface area contributed by atoms with Crippen LogP contribution in [-0.2, 0) is 0 Å². The number of hydrogen-bond acceptors (Lipinski definition) is 3. The molecule has 0 aliphatic carbocycles. The first-order valence-electron chi connectivity index (χ1n) is 8.19. The van der Waals surface area contributed by atoms with E-state index in [1.807, 2.05) is 42.5 Å². The van der Waals surface area contributed by atoms with Crippen molar-refractivity contribution in [3.05, 3.63) is 83.9 Å². The lowest BCUT2D eigenvalue weighted by molar-refractivity contribution is 0.457. The molecule has 0 amide bonds. The van der Waals surface area contributed by atoms with Gasteiger partial charge >= 0.3 is 0 Å². The van der Waals surface area contributed by atoms with E-state index in [-0.39, 0.29) is 5.88 Å². The number of benzene rings is 3. The number of aromatic amines is 1. The van der Waals surface area contributed by atoms with Gasteiger partial charge in [0.25, 0.3) is 0 Å². The number of aromatic hydroxyl groups is 1. The molecule has 4 heteroatoms. The monoisotopic (exact) mass is 337 g/mol. The Morgan fingerprint density at radius 1 is 0.923 bits per heavy atom. The molecule has 0 fully saturated rings. The number of hydrogen-bond donors (Lipinski definition) is 2. The summed E-state index contributed by atoms with van der Waals surface area (Å²) in [4.78, 5) is 7.40. The summed E-state index contributed by atoms with van der Waals surface area (Å²) in [5, 5.41) is 20.1. The van der Waals surface area contributed by atoms with Crippen molar-refractivity contribution in [2.24, 2.45) is 4.99 Å². The topological polar surface area (TPSA) is 72.2 Å². The molecule has 0 radical (unpaired) electrons.